The number of ether oxygens (including phenoxy) is 2. The average molecular weight is 386 g/mol. The third kappa shape index (κ3) is 4.60. The third-order valence-electron chi connectivity index (χ3n) is 6.16. The summed E-state index contributed by atoms with van der Waals surface area (Å²) in [6.45, 7) is 6.94. The van der Waals surface area contributed by atoms with Crippen molar-refractivity contribution in [2.75, 3.05) is 27.2 Å². The van der Waals surface area contributed by atoms with Crippen LogP contribution in [-0.2, 0) is 14.9 Å². The SMILES string of the molecule is COc1ccc2c(c1)[C@]1(CCN(C)CC(=O)OC(C)(C)C)CCCC[C@@H]1C=C2. The molecule has 0 heterocycles. The monoisotopic (exact) mass is 385 g/mol. The maximum atomic E-state index is 12.2. The van der Waals surface area contributed by atoms with Crippen molar-refractivity contribution in [2.24, 2.45) is 5.92 Å². The minimum Gasteiger partial charge on any atom is -0.497 e. The first kappa shape index (κ1) is 20.9. The maximum Gasteiger partial charge on any atom is 0.320 e. The lowest BCUT2D eigenvalue weighted by atomic mass is 9.58. The van der Waals surface area contributed by atoms with Crippen LogP contribution in [0.1, 0.15) is 64.0 Å². The van der Waals surface area contributed by atoms with Crippen LogP contribution in [0.2, 0.25) is 0 Å². The molecule has 3 rings (SSSR count). The van der Waals surface area contributed by atoms with E-state index >= 15 is 0 Å². The summed E-state index contributed by atoms with van der Waals surface area (Å²) in [5.41, 5.74) is 2.44. The number of carbonyl (C=O) groups excluding carboxylic acids is 1. The fraction of sp³-hybridized carbons (Fsp3) is 0.625. The molecule has 28 heavy (non-hydrogen) atoms. The summed E-state index contributed by atoms with van der Waals surface area (Å²) in [7, 11) is 3.75. The van der Waals surface area contributed by atoms with Crippen molar-refractivity contribution in [3.05, 3.63) is 35.4 Å². The molecular weight excluding hydrogens is 350 g/mol. The number of likely N-dealkylation sites (N-methyl/N-ethyl adjacent to an activating group) is 1. The number of hydrogen-bond acceptors (Lipinski definition) is 4. The number of hydrogen-bond donors (Lipinski definition) is 0. The Kier molecular flexibility index (Phi) is 6.18. The lowest BCUT2D eigenvalue weighted by Crippen LogP contribution is -2.43. The van der Waals surface area contributed by atoms with E-state index in [1.807, 2.05) is 27.8 Å². The number of methoxy groups -OCH3 is 1. The number of nitrogens with zero attached hydrogens (tertiary/aromatic N) is 1. The predicted molar refractivity (Wildman–Crippen MR) is 114 cm³/mol. The number of rotatable bonds is 6. The standard InChI is InChI=1S/C24H35NO3/c1-23(2,3)28-22(26)17-25(4)15-14-24-13-7-6-8-19(24)11-9-18-10-12-20(27-5)16-21(18)24/h9-12,16,19H,6-8,13-15,17H2,1-5H3/t19-,24+/m1/s1. The van der Waals surface area contributed by atoms with Crippen LogP contribution < -0.4 is 4.74 Å². The highest BCUT2D eigenvalue weighted by molar-refractivity contribution is 5.72. The zero-order valence-electron chi connectivity index (χ0n) is 18.1. The molecule has 0 N–H and O–H groups in total. The van der Waals surface area contributed by atoms with Gasteiger partial charge in [0.25, 0.3) is 0 Å². The van der Waals surface area contributed by atoms with Crippen LogP contribution in [0.25, 0.3) is 6.08 Å². The fourth-order valence-electron chi connectivity index (χ4n) is 4.85. The van der Waals surface area contributed by atoms with Crippen LogP contribution in [0.3, 0.4) is 0 Å². The first-order chi connectivity index (χ1) is 13.2. The van der Waals surface area contributed by atoms with E-state index in [-0.39, 0.29) is 11.4 Å². The Morgan fingerprint density at radius 1 is 1.29 bits per heavy atom. The van der Waals surface area contributed by atoms with Crippen LogP contribution in [0, 0.1) is 5.92 Å². The molecule has 0 amide bonds. The molecule has 1 fully saturated rings. The Morgan fingerprint density at radius 2 is 2.07 bits per heavy atom. The molecule has 0 saturated heterocycles. The molecular formula is C24H35NO3. The Bertz CT molecular complexity index is 734. The average Bonchev–Trinajstić information content (AvgIpc) is 2.64. The molecule has 4 heteroatoms. The van der Waals surface area contributed by atoms with E-state index < -0.39 is 5.60 Å². The summed E-state index contributed by atoms with van der Waals surface area (Å²) in [4.78, 5) is 14.3. The van der Waals surface area contributed by atoms with Gasteiger partial charge in [-0.25, -0.2) is 0 Å². The van der Waals surface area contributed by atoms with Gasteiger partial charge in [0, 0.05) is 5.41 Å². The van der Waals surface area contributed by atoms with Gasteiger partial charge in [0.2, 0.25) is 0 Å². The molecule has 2 aliphatic rings. The maximum absolute atomic E-state index is 12.2. The van der Waals surface area contributed by atoms with Crippen molar-refractivity contribution < 1.29 is 14.3 Å². The topological polar surface area (TPSA) is 38.8 Å². The summed E-state index contributed by atoms with van der Waals surface area (Å²) >= 11 is 0. The second-order valence-corrected chi connectivity index (χ2v) is 9.39. The van der Waals surface area contributed by atoms with Gasteiger partial charge < -0.3 is 9.47 Å². The Balaban J connectivity index is 1.76. The largest absolute Gasteiger partial charge is 0.497 e. The highest BCUT2D eigenvalue weighted by Gasteiger charge is 2.43. The van der Waals surface area contributed by atoms with E-state index in [4.69, 9.17) is 9.47 Å². The first-order valence-corrected chi connectivity index (χ1v) is 10.5. The summed E-state index contributed by atoms with van der Waals surface area (Å²) in [6.07, 6.45) is 10.7. The van der Waals surface area contributed by atoms with Crippen molar-refractivity contribution in [1.29, 1.82) is 0 Å². The highest BCUT2D eigenvalue weighted by Crippen LogP contribution is 2.51. The van der Waals surface area contributed by atoms with Gasteiger partial charge >= 0.3 is 5.97 Å². The summed E-state index contributed by atoms with van der Waals surface area (Å²) in [6, 6.07) is 6.47. The van der Waals surface area contributed by atoms with Gasteiger partial charge in [0.1, 0.15) is 11.4 Å². The fourth-order valence-corrected chi connectivity index (χ4v) is 4.85. The van der Waals surface area contributed by atoms with Crippen molar-refractivity contribution >= 4 is 12.0 Å². The molecule has 1 aromatic carbocycles. The first-order valence-electron chi connectivity index (χ1n) is 10.5. The lowest BCUT2D eigenvalue weighted by Gasteiger charge is -2.47. The second-order valence-electron chi connectivity index (χ2n) is 9.39. The van der Waals surface area contributed by atoms with Crippen molar-refractivity contribution in [3.63, 3.8) is 0 Å². The Labute approximate surface area is 169 Å². The highest BCUT2D eigenvalue weighted by atomic mass is 16.6. The van der Waals surface area contributed by atoms with Crippen LogP contribution in [-0.4, -0.2) is 43.7 Å². The van der Waals surface area contributed by atoms with E-state index in [0.717, 1.165) is 18.7 Å². The minimum absolute atomic E-state index is 0.138. The number of carbonyl (C=O) groups is 1. The van der Waals surface area contributed by atoms with Crippen LogP contribution >= 0.6 is 0 Å². The Morgan fingerprint density at radius 3 is 2.79 bits per heavy atom. The van der Waals surface area contributed by atoms with Crippen molar-refractivity contribution in [1.82, 2.24) is 4.90 Å². The second kappa shape index (κ2) is 8.28. The van der Waals surface area contributed by atoms with E-state index in [1.54, 1.807) is 7.11 Å². The minimum atomic E-state index is -0.436. The number of benzene rings is 1. The molecule has 4 nitrogen and oxygen atoms in total. The van der Waals surface area contributed by atoms with Crippen molar-refractivity contribution in [2.45, 2.75) is 63.9 Å². The molecule has 0 bridgehead atoms. The molecule has 1 aromatic rings. The van der Waals surface area contributed by atoms with Crippen LogP contribution in [0.5, 0.6) is 5.75 Å². The molecule has 154 valence electrons. The zero-order chi connectivity index (χ0) is 20.4. The van der Waals surface area contributed by atoms with Gasteiger partial charge in [-0.2, -0.15) is 0 Å². The lowest BCUT2D eigenvalue weighted by molar-refractivity contribution is -0.155. The van der Waals surface area contributed by atoms with E-state index in [1.165, 1.54) is 36.8 Å². The molecule has 0 unspecified atom stereocenters. The Hall–Kier alpha value is -1.81. The van der Waals surface area contributed by atoms with E-state index in [2.05, 4.69) is 35.3 Å². The predicted octanol–water partition coefficient (Wildman–Crippen LogP) is 4.81. The molecule has 2 aliphatic carbocycles. The molecule has 0 radical (unpaired) electrons. The van der Waals surface area contributed by atoms with Gasteiger partial charge in [-0.05, 0) is 82.8 Å². The molecule has 1 saturated carbocycles. The van der Waals surface area contributed by atoms with Gasteiger partial charge in [0.15, 0.2) is 0 Å². The summed E-state index contributed by atoms with van der Waals surface area (Å²) < 4.78 is 11.0. The van der Waals surface area contributed by atoms with Crippen LogP contribution in [0.15, 0.2) is 24.3 Å². The smallest absolute Gasteiger partial charge is 0.320 e. The van der Waals surface area contributed by atoms with Gasteiger partial charge in [-0.15, -0.1) is 0 Å². The zero-order valence-corrected chi connectivity index (χ0v) is 18.1. The van der Waals surface area contributed by atoms with Crippen molar-refractivity contribution in [3.8, 4) is 5.75 Å². The number of fused-ring (bicyclic) bond motifs is 3. The number of allylic oxidation sites excluding steroid dienone is 1. The van der Waals surface area contributed by atoms with E-state index in [9.17, 15) is 4.79 Å². The molecule has 0 spiro atoms. The third-order valence-corrected chi connectivity index (χ3v) is 6.16. The molecule has 2 atom stereocenters. The van der Waals surface area contributed by atoms with Gasteiger partial charge in [-0.3, -0.25) is 9.69 Å². The number of esters is 1. The quantitative estimate of drug-likeness (QED) is 0.659. The molecule has 0 aromatic heterocycles. The normalized spacial score (nSPS) is 23.9. The summed E-state index contributed by atoms with van der Waals surface area (Å²) in [5, 5.41) is 0. The van der Waals surface area contributed by atoms with Gasteiger partial charge in [-0.1, -0.05) is 31.1 Å². The molecule has 0 aliphatic heterocycles. The summed E-state index contributed by atoms with van der Waals surface area (Å²) in [5.74, 6) is 1.34. The van der Waals surface area contributed by atoms with Crippen LogP contribution in [0.4, 0.5) is 0 Å². The van der Waals surface area contributed by atoms with E-state index in [0.29, 0.717) is 12.5 Å². The van der Waals surface area contributed by atoms with Gasteiger partial charge in [0.05, 0.1) is 13.7 Å².